The molecule has 1 aromatic rings. The first kappa shape index (κ1) is 19.3. The number of nitro benzene ring substituents is 1. The van der Waals surface area contributed by atoms with Crippen molar-refractivity contribution in [2.24, 2.45) is 11.0 Å². The SMILES string of the molecule is CCCC(C(=O)OCC)/C(C)=N/NC(=O)c1ccc([N+](=O)[O-])cc1. The average Bonchev–Trinajstić information content (AvgIpc) is 2.57. The summed E-state index contributed by atoms with van der Waals surface area (Å²) in [6.07, 6.45) is 1.34. The van der Waals surface area contributed by atoms with Crippen LogP contribution < -0.4 is 5.43 Å². The van der Waals surface area contributed by atoms with E-state index in [1.54, 1.807) is 13.8 Å². The molecular weight excluding hydrogens is 314 g/mol. The van der Waals surface area contributed by atoms with E-state index in [1.165, 1.54) is 24.3 Å². The van der Waals surface area contributed by atoms with Gasteiger partial charge in [-0.1, -0.05) is 13.3 Å². The average molecular weight is 335 g/mol. The Labute approximate surface area is 140 Å². The van der Waals surface area contributed by atoms with Crippen LogP contribution >= 0.6 is 0 Å². The molecule has 130 valence electrons. The maximum atomic E-state index is 12.0. The van der Waals surface area contributed by atoms with E-state index in [0.717, 1.165) is 6.42 Å². The Hall–Kier alpha value is -2.77. The first-order valence-electron chi connectivity index (χ1n) is 7.66. The zero-order chi connectivity index (χ0) is 18.1. The molecule has 1 unspecified atom stereocenters. The summed E-state index contributed by atoms with van der Waals surface area (Å²) in [5.41, 5.74) is 2.94. The predicted octanol–water partition coefficient (Wildman–Crippen LogP) is 2.68. The lowest BCUT2D eigenvalue weighted by atomic mass is 9.99. The minimum atomic E-state index is -0.543. The fraction of sp³-hybridized carbons (Fsp3) is 0.438. The highest BCUT2D eigenvalue weighted by Gasteiger charge is 2.22. The fourth-order valence-electron chi connectivity index (χ4n) is 2.04. The first-order valence-corrected chi connectivity index (χ1v) is 7.66. The molecule has 0 aliphatic rings. The van der Waals surface area contributed by atoms with Gasteiger partial charge in [-0.05, 0) is 32.4 Å². The van der Waals surface area contributed by atoms with E-state index < -0.39 is 16.7 Å². The molecule has 0 radical (unpaired) electrons. The third-order valence-electron chi connectivity index (χ3n) is 3.33. The number of hydrazone groups is 1. The largest absolute Gasteiger partial charge is 0.465 e. The number of ether oxygens (including phenoxy) is 1. The molecule has 1 N–H and O–H groups in total. The highest BCUT2D eigenvalue weighted by atomic mass is 16.6. The van der Waals surface area contributed by atoms with E-state index in [-0.39, 0.29) is 23.8 Å². The minimum Gasteiger partial charge on any atom is -0.465 e. The Bertz CT molecular complexity index is 625. The van der Waals surface area contributed by atoms with Gasteiger partial charge in [0.2, 0.25) is 0 Å². The molecule has 1 rings (SSSR count). The molecule has 8 heteroatoms. The summed E-state index contributed by atoms with van der Waals surface area (Å²) in [5, 5.41) is 14.6. The molecule has 1 atom stereocenters. The smallest absolute Gasteiger partial charge is 0.314 e. The molecule has 0 aliphatic carbocycles. The summed E-state index contributed by atoms with van der Waals surface area (Å²) in [5.74, 6) is -1.39. The van der Waals surface area contributed by atoms with Crippen LogP contribution in [0.1, 0.15) is 44.0 Å². The number of amides is 1. The normalized spacial score (nSPS) is 12.4. The highest BCUT2D eigenvalue weighted by Crippen LogP contribution is 2.13. The Morgan fingerprint density at radius 3 is 2.42 bits per heavy atom. The number of carbonyl (C=O) groups is 2. The second-order valence-electron chi connectivity index (χ2n) is 5.09. The second-order valence-corrected chi connectivity index (χ2v) is 5.09. The number of nitro groups is 1. The lowest BCUT2D eigenvalue weighted by molar-refractivity contribution is -0.384. The number of nitrogens with one attached hydrogen (secondary N) is 1. The van der Waals surface area contributed by atoms with Gasteiger partial charge in [-0.3, -0.25) is 19.7 Å². The van der Waals surface area contributed by atoms with Gasteiger partial charge in [0.05, 0.1) is 17.4 Å². The summed E-state index contributed by atoms with van der Waals surface area (Å²) >= 11 is 0. The molecule has 0 saturated heterocycles. The fourth-order valence-corrected chi connectivity index (χ4v) is 2.04. The molecule has 0 aromatic heterocycles. The van der Waals surface area contributed by atoms with Gasteiger partial charge in [0, 0.05) is 23.4 Å². The number of hydrogen-bond acceptors (Lipinski definition) is 6. The van der Waals surface area contributed by atoms with Crippen molar-refractivity contribution >= 4 is 23.3 Å². The van der Waals surface area contributed by atoms with Crippen molar-refractivity contribution < 1.29 is 19.2 Å². The number of nitrogens with zero attached hydrogens (tertiary/aromatic N) is 2. The van der Waals surface area contributed by atoms with Crippen LogP contribution in [-0.2, 0) is 9.53 Å². The number of esters is 1. The lowest BCUT2D eigenvalue weighted by Gasteiger charge is -2.14. The van der Waals surface area contributed by atoms with Crippen molar-refractivity contribution in [3.8, 4) is 0 Å². The van der Waals surface area contributed by atoms with Crippen molar-refractivity contribution in [3.05, 3.63) is 39.9 Å². The zero-order valence-electron chi connectivity index (χ0n) is 13.9. The third-order valence-corrected chi connectivity index (χ3v) is 3.33. The lowest BCUT2D eigenvalue weighted by Crippen LogP contribution is -2.27. The first-order chi connectivity index (χ1) is 11.4. The molecule has 0 aliphatic heterocycles. The van der Waals surface area contributed by atoms with E-state index in [9.17, 15) is 19.7 Å². The summed E-state index contributed by atoms with van der Waals surface area (Å²) in [6.45, 7) is 5.59. The summed E-state index contributed by atoms with van der Waals surface area (Å²) < 4.78 is 5.01. The van der Waals surface area contributed by atoms with Crippen molar-refractivity contribution in [1.82, 2.24) is 5.43 Å². The zero-order valence-corrected chi connectivity index (χ0v) is 13.9. The Morgan fingerprint density at radius 2 is 1.92 bits per heavy atom. The quantitative estimate of drug-likeness (QED) is 0.340. The van der Waals surface area contributed by atoms with Crippen LogP contribution in [0.5, 0.6) is 0 Å². The van der Waals surface area contributed by atoms with E-state index in [4.69, 9.17) is 4.74 Å². The summed E-state index contributed by atoms with van der Waals surface area (Å²) in [7, 11) is 0. The van der Waals surface area contributed by atoms with Crippen LogP contribution in [0.25, 0.3) is 0 Å². The Balaban J connectivity index is 2.78. The van der Waals surface area contributed by atoms with Gasteiger partial charge in [-0.2, -0.15) is 5.10 Å². The van der Waals surface area contributed by atoms with Crippen LogP contribution in [0.15, 0.2) is 29.4 Å². The van der Waals surface area contributed by atoms with Crippen LogP contribution in [0.3, 0.4) is 0 Å². The molecule has 1 amide bonds. The second kappa shape index (κ2) is 9.39. The van der Waals surface area contributed by atoms with E-state index in [2.05, 4.69) is 10.5 Å². The van der Waals surface area contributed by atoms with E-state index in [1.807, 2.05) is 6.92 Å². The van der Waals surface area contributed by atoms with Gasteiger partial charge in [0.1, 0.15) is 0 Å². The number of rotatable bonds is 8. The summed E-state index contributed by atoms with van der Waals surface area (Å²) in [4.78, 5) is 34.0. The molecule has 8 nitrogen and oxygen atoms in total. The van der Waals surface area contributed by atoms with E-state index >= 15 is 0 Å². The topological polar surface area (TPSA) is 111 Å². The van der Waals surface area contributed by atoms with Crippen molar-refractivity contribution in [1.29, 1.82) is 0 Å². The van der Waals surface area contributed by atoms with Crippen molar-refractivity contribution in [3.63, 3.8) is 0 Å². The number of carbonyl (C=O) groups excluding carboxylic acids is 2. The number of hydrogen-bond donors (Lipinski definition) is 1. The van der Waals surface area contributed by atoms with Crippen LogP contribution in [0.2, 0.25) is 0 Å². The van der Waals surface area contributed by atoms with Gasteiger partial charge in [0.25, 0.3) is 11.6 Å². The molecule has 0 saturated carbocycles. The molecule has 0 spiro atoms. The standard InChI is InChI=1S/C16H21N3O5/c1-4-6-14(16(21)24-5-2)11(3)17-18-15(20)12-7-9-13(10-8-12)19(22)23/h7-10,14H,4-6H2,1-3H3,(H,18,20)/b17-11+. The number of benzene rings is 1. The monoisotopic (exact) mass is 335 g/mol. The Morgan fingerprint density at radius 1 is 1.29 bits per heavy atom. The molecular formula is C16H21N3O5. The van der Waals surface area contributed by atoms with Crippen LogP contribution in [0, 0.1) is 16.0 Å². The van der Waals surface area contributed by atoms with Crippen LogP contribution in [0.4, 0.5) is 5.69 Å². The predicted molar refractivity (Wildman–Crippen MR) is 88.7 cm³/mol. The number of non-ortho nitro benzene ring substituents is 1. The van der Waals surface area contributed by atoms with Gasteiger partial charge < -0.3 is 4.74 Å². The van der Waals surface area contributed by atoms with Crippen molar-refractivity contribution in [2.45, 2.75) is 33.6 Å². The molecule has 0 heterocycles. The minimum absolute atomic E-state index is 0.100. The Kier molecular flexibility index (Phi) is 7.54. The highest BCUT2D eigenvalue weighted by molar-refractivity contribution is 6.02. The third kappa shape index (κ3) is 5.45. The van der Waals surface area contributed by atoms with Crippen LogP contribution in [-0.4, -0.2) is 29.1 Å². The molecule has 0 fully saturated rings. The maximum absolute atomic E-state index is 12.0. The van der Waals surface area contributed by atoms with Gasteiger partial charge in [0.15, 0.2) is 0 Å². The van der Waals surface area contributed by atoms with Gasteiger partial charge in [-0.15, -0.1) is 0 Å². The molecule has 24 heavy (non-hydrogen) atoms. The molecule has 1 aromatic carbocycles. The van der Waals surface area contributed by atoms with Crippen molar-refractivity contribution in [2.75, 3.05) is 6.61 Å². The maximum Gasteiger partial charge on any atom is 0.314 e. The van der Waals surface area contributed by atoms with Gasteiger partial charge in [-0.25, -0.2) is 5.43 Å². The summed E-state index contributed by atoms with van der Waals surface area (Å²) in [6, 6.07) is 5.16. The van der Waals surface area contributed by atoms with E-state index in [0.29, 0.717) is 12.1 Å². The molecule has 0 bridgehead atoms. The van der Waals surface area contributed by atoms with Gasteiger partial charge >= 0.3 is 5.97 Å².